The van der Waals surface area contributed by atoms with Crippen LogP contribution in [0.25, 0.3) is 0 Å². The molecule has 1 aromatic heterocycles. The van der Waals surface area contributed by atoms with Gasteiger partial charge in [-0.05, 0) is 39.7 Å². The Balaban J connectivity index is 2.18. The summed E-state index contributed by atoms with van der Waals surface area (Å²) < 4.78 is 6.06. The topological polar surface area (TPSA) is 54.4 Å². The van der Waals surface area contributed by atoms with Crippen LogP contribution in [-0.4, -0.2) is 23.8 Å². The van der Waals surface area contributed by atoms with Gasteiger partial charge in [-0.15, -0.1) is 0 Å². The van der Waals surface area contributed by atoms with Crippen LogP contribution in [0.2, 0.25) is 0 Å². The van der Waals surface area contributed by atoms with E-state index in [0.717, 1.165) is 21.5 Å². The maximum atomic E-state index is 9.52. The van der Waals surface area contributed by atoms with Gasteiger partial charge < -0.3 is 15.2 Å². The summed E-state index contributed by atoms with van der Waals surface area (Å²) in [6.45, 7) is -0.0185. The molecule has 100 valence electrons. The fourth-order valence-corrected chi connectivity index (χ4v) is 2.15. The highest BCUT2D eigenvalue weighted by Crippen LogP contribution is 2.23. The summed E-state index contributed by atoms with van der Waals surface area (Å²) >= 11 is 3.38. The fourth-order valence-electron chi connectivity index (χ4n) is 1.77. The highest BCUT2D eigenvalue weighted by atomic mass is 79.9. The molecule has 19 heavy (non-hydrogen) atoms. The Bertz CT molecular complexity index is 548. The molecule has 0 saturated heterocycles. The van der Waals surface area contributed by atoms with E-state index in [4.69, 9.17) is 4.74 Å². The zero-order valence-electron chi connectivity index (χ0n) is 10.5. The molecule has 2 N–H and O–H groups in total. The molecule has 0 aliphatic carbocycles. The minimum absolute atomic E-state index is 0.0185. The summed E-state index contributed by atoms with van der Waals surface area (Å²) in [5.74, 6) is 0.772. The summed E-state index contributed by atoms with van der Waals surface area (Å²) in [6, 6.07) is 9.30. The molecular formula is C14H15BrN2O2. The van der Waals surface area contributed by atoms with Gasteiger partial charge in [-0.1, -0.05) is 6.07 Å². The number of benzene rings is 1. The molecular weight excluding hydrogens is 308 g/mol. The van der Waals surface area contributed by atoms with Gasteiger partial charge in [0.2, 0.25) is 0 Å². The fraction of sp³-hybridized carbons (Fsp3) is 0.214. The third kappa shape index (κ3) is 3.68. The second-order valence-corrected chi connectivity index (χ2v) is 4.96. The predicted octanol–water partition coefficient (Wildman–Crippen LogP) is 3.00. The third-order valence-corrected chi connectivity index (χ3v) is 3.16. The Morgan fingerprint density at radius 1 is 1.37 bits per heavy atom. The van der Waals surface area contributed by atoms with Crippen LogP contribution >= 0.6 is 15.9 Å². The van der Waals surface area contributed by atoms with Gasteiger partial charge in [-0.3, -0.25) is 4.98 Å². The summed E-state index contributed by atoms with van der Waals surface area (Å²) in [7, 11) is 1.63. The van der Waals surface area contributed by atoms with Crippen LogP contribution in [0, 0.1) is 0 Å². The first-order valence-corrected chi connectivity index (χ1v) is 6.64. The normalized spacial score (nSPS) is 11.9. The number of aliphatic hydroxyl groups is 1. The van der Waals surface area contributed by atoms with Gasteiger partial charge >= 0.3 is 0 Å². The Hall–Kier alpha value is -1.59. The first kappa shape index (κ1) is 13.8. The third-order valence-electron chi connectivity index (χ3n) is 2.72. The SMILES string of the molecule is COc1cccc(NC(CO)c2cncc(Br)c2)c1. The summed E-state index contributed by atoms with van der Waals surface area (Å²) in [5, 5.41) is 12.8. The van der Waals surface area contributed by atoms with E-state index in [1.165, 1.54) is 0 Å². The summed E-state index contributed by atoms with van der Waals surface area (Å²) in [4.78, 5) is 4.11. The molecule has 2 rings (SSSR count). The van der Waals surface area contributed by atoms with Crippen molar-refractivity contribution in [2.24, 2.45) is 0 Å². The van der Waals surface area contributed by atoms with Gasteiger partial charge in [0.25, 0.3) is 0 Å². The lowest BCUT2D eigenvalue weighted by Gasteiger charge is -2.18. The monoisotopic (exact) mass is 322 g/mol. The molecule has 0 saturated carbocycles. The van der Waals surface area contributed by atoms with E-state index in [2.05, 4.69) is 26.2 Å². The molecule has 0 amide bonds. The van der Waals surface area contributed by atoms with Crippen molar-refractivity contribution in [1.29, 1.82) is 0 Å². The van der Waals surface area contributed by atoms with Gasteiger partial charge in [0.05, 0.1) is 19.8 Å². The molecule has 1 heterocycles. The molecule has 4 nitrogen and oxygen atoms in total. The molecule has 2 aromatic rings. The summed E-state index contributed by atoms with van der Waals surface area (Å²) in [5.41, 5.74) is 1.80. The van der Waals surface area contributed by atoms with E-state index in [1.54, 1.807) is 19.5 Å². The molecule has 0 aliphatic heterocycles. The molecule has 1 aromatic carbocycles. The molecule has 1 atom stereocenters. The highest BCUT2D eigenvalue weighted by molar-refractivity contribution is 9.10. The number of rotatable bonds is 5. The van der Waals surface area contributed by atoms with Crippen molar-refractivity contribution in [3.63, 3.8) is 0 Å². The molecule has 0 aliphatic rings. The molecule has 0 radical (unpaired) electrons. The van der Waals surface area contributed by atoms with Crippen molar-refractivity contribution in [2.45, 2.75) is 6.04 Å². The lowest BCUT2D eigenvalue weighted by Crippen LogP contribution is -2.15. The Labute approximate surface area is 120 Å². The van der Waals surface area contributed by atoms with Crippen molar-refractivity contribution in [1.82, 2.24) is 4.98 Å². The minimum atomic E-state index is -0.211. The number of halogens is 1. The maximum Gasteiger partial charge on any atom is 0.120 e. The van der Waals surface area contributed by atoms with Crippen LogP contribution < -0.4 is 10.1 Å². The molecule has 0 spiro atoms. The van der Waals surface area contributed by atoms with Crippen LogP contribution in [0.1, 0.15) is 11.6 Å². The molecule has 0 bridgehead atoms. The standard InChI is InChI=1S/C14H15BrN2O2/c1-19-13-4-2-3-12(6-13)17-14(9-18)10-5-11(15)8-16-7-10/h2-8,14,17-18H,9H2,1H3. The van der Waals surface area contributed by atoms with Gasteiger partial charge in [0.15, 0.2) is 0 Å². The van der Waals surface area contributed by atoms with Gasteiger partial charge in [-0.2, -0.15) is 0 Å². The average molecular weight is 323 g/mol. The smallest absolute Gasteiger partial charge is 0.120 e. The number of nitrogens with zero attached hydrogens (tertiary/aromatic N) is 1. The quantitative estimate of drug-likeness (QED) is 0.888. The minimum Gasteiger partial charge on any atom is -0.497 e. The number of ether oxygens (including phenoxy) is 1. The Morgan fingerprint density at radius 3 is 2.89 bits per heavy atom. The zero-order valence-corrected chi connectivity index (χ0v) is 12.1. The van der Waals surface area contributed by atoms with E-state index < -0.39 is 0 Å². The average Bonchev–Trinajstić information content (AvgIpc) is 2.45. The van der Waals surface area contributed by atoms with Gasteiger partial charge in [0.1, 0.15) is 5.75 Å². The summed E-state index contributed by atoms with van der Waals surface area (Å²) in [6.07, 6.45) is 3.45. The van der Waals surface area contributed by atoms with E-state index in [1.807, 2.05) is 30.3 Å². The Kier molecular flexibility index (Phi) is 4.76. The van der Waals surface area contributed by atoms with Crippen molar-refractivity contribution >= 4 is 21.6 Å². The number of methoxy groups -OCH3 is 1. The second-order valence-electron chi connectivity index (χ2n) is 4.05. The van der Waals surface area contributed by atoms with Crippen molar-refractivity contribution in [2.75, 3.05) is 19.0 Å². The van der Waals surface area contributed by atoms with Crippen LogP contribution in [0.4, 0.5) is 5.69 Å². The number of hydrogen-bond acceptors (Lipinski definition) is 4. The number of aliphatic hydroxyl groups excluding tert-OH is 1. The molecule has 1 unspecified atom stereocenters. The maximum absolute atomic E-state index is 9.52. The largest absolute Gasteiger partial charge is 0.497 e. The number of anilines is 1. The molecule has 0 fully saturated rings. The highest BCUT2D eigenvalue weighted by Gasteiger charge is 2.11. The second kappa shape index (κ2) is 6.54. The van der Waals surface area contributed by atoms with Gasteiger partial charge in [-0.25, -0.2) is 0 Å². The lowest BCUT2D eigenvalue weighted by atomic mass is 10.1. The van der Waals surface area contributed by atoms with Crippen molar-refractivity contribution in [3.05, 3.63) is 52.8 Å². The zero-order chi connectivity index (χ0) is 13.7. The number of hydrogen-bond donors (Lipinski definition) is 2. The van der Waals surface area contributed by atoms with Crippen LogP contribution in [-0.2, 0) is 0 Å². The number of pyridine rings is 1. The van der Waals surface area contributed by atoms with E-state index in [-0.39, 0.29) is 12.6 Å². The predicted molar refractivity (Wildman–Crippen MR) is 78.4 cm³/mol. The van der Waals surface area contributed by atoms with E-state index >= 15 is 0 Å². The van der Waals surface area contributed by atoms with Crippen molar-refractivity contribution < 1.29 is 9.84 Å². The van der Waals surface area contributed by atoms with Gasteiger partial charge in [0, 0.05) is 28.6 Å². The first-order valence-electron chi connectivity index (χ1n) is 5.85. The van der Waals surface area contributed by atoms with Crippen molar-refractivity contribution in [3.8, 4) is 5.75 Å². The van der Waals surface area contributed by atoms with E-state index in [9.17, 15) is 5.11 Å². The lowest BCUT2D eigenvalue weighted by molar-refractivity contribution is 0.276. The van der Waals surface area contributed by atoms with Crippen LogP contribution in [0.3, 0.4) is 0 Å². The Morgan fingerprint density at radius 2 is 2.21 bits per heavy atom. The van der Waals surface area contributed by atoms with Crippen LogP contribution in [0.15, 0.2) is 47.2 Å². The first-order chi connectivity index (χ1) is 9.22. The van der Waals surface area contributed by atoms with Crippen LogP contribution in [0.5, 0.6) is 5.75 Å². The number of aromatic nitrogens is 1. The number of nitrogens with one attached hydrogen (secondary N) is 1. The van der Waals surface area contributed by atoms with E-state index in [0.29, 0.717) is 0 Å². The molecule has 5 heteroatoms.